The third kappa shape index (κ3) is 1.80. The summed E-state index contributed by atoms with van der Waals surface area (Å²) in [5.41, 5.74) is 1.96. The van der Waals surface area contributed by atoms with E-state index in [9.17, 15) is 5.11 Å². The van der Waals surface area contributed by atoms with Crippen LogP contribution in [-0.2, 0) is 0 Å². The summed E-state index contributed by atoms with van der Waals surface area (Å²) in [6.45, 7) is 0. The predicted molar refractivity (Wildman–Crippen MR) is 70.0 cm³/mol. The Morgan fingerprint density at radius 3 is 2.88 bits per heavy atom. The summed E-state index contributed by atoms with van der Waals surface area (Å²) < 4.78 is 2.88. The first-order chi connectivity index (χ1) is 8.24. The molecule has 17 heavy (non-hydrogen) atoms. The van der Waals surface area contributed by atoms with E-state index in [4.69, 9.17) is 0 Å². The lowest BCUT2D eigenvalue weighted by molar-refractivity contribution is 0.472. The van der Waals surface area contributed by atoms with E-state index >= 15 is 0 Å². The highest BCUT2D eigenvalue weighted by molar-refractivity contribution is 9.10. The maximum atomic E-state index is 9.52. The van der Waals surface area contributed by atoms with E-state index < -0.39 is 0 Å². The third-order valence-corrected chi connectivity index (χ3v) is 3.09. The number of rotatable bonds is 1. The van der Waals surface area contributed by atoms with Crippen molar-refractivity contribution in [3.8, 4) is 17.1 Å². The van der Waals surface area contributed by atoms with Gasteiger partial charge in [0.15, 0.2) is 0 Å². The predicted octanol–water partition coefficient (Wildman–Crippen LogP) is 3.47. The van der Waals surface area contributed by atoms with Crippen LogP contribution in [0.25, 0.3) is 16.9 Å². The molecule has 0 fully saturated rings. The fraction of sp³-hybridized carbons (Fsp3) is 0. The zero-order valence-corrected chi connectivity index (χ0v) is 10.4. The monoisotopic (exact) mass is 288 g/mol. The zero-order valence-electron chi connectivity index (χ0n) is 8.84. The minimum atomic E-state index is 0.228. The maximum Gasteiger partial charge on any atom is 0.144 e. The number of aromatic hydroxyl groups is 1. The van der Waals surface area contributed by atoms with Crippen LogP contribution in [0.15, 0.2) is 53.3 Å². The lowest BCUT2D eigenvalue weighted by atomic mass is 10.2. The first-order valence-corrected chi connectivity index (χ1v) is 5.95. The number of nitrogens with zero attached hydrogens (tertiary/aromatic N) is 2. The average Bonchev–Trinajstić information content (AvgIpc) is 2.71. The van der Waals surface area contributed by atoms with Crippen molar-refractivity contribution < 1.29 is 5.11 Å². The molecule has 3 nitrogen and oxygen atoms in total. The Bertz CT molecular complexity index is 691. The summed E-state index contributed by atoms with van der Waals surface area (Å²) in [6.07, 6.45) is 3.45. The van der Waals surface area contributed by atoms with Gasteiger partial charge in [0.1, 0.15) is 11.6 Å². The molecule has 0 atom stereocenters. The summed E-state index contributed by atoms with van der Waals surface area (Å²) in [7, 11) is 0. The molecule has 4 heteroatoms. The van der Waals surface area contributed by atoms with Crippen molar-refractivity contribution in [3.05, 3.63) is 53.3 Å². The standard InChI is InChI=1S/C13H9BrN2O/c14-10-3-1-2-9(6-10)13-15-7-11-4-5-12(17)8-16(11)13/h1-8,17H. The van der Waals surface area contributed by atoms with E-state index in [1.807, 2.05) is 34.7 Å². The van der Waals surface area contributed by atoms with E-state index in [1.165, 1.54) is 0 Å². The Hall–Kier alpha value is -1.81. The second-order valence-corrected chi connectivity index (χ2v) is 4.69. The van der Waals surface area contributed by atoms with Gasteiger partial charge in [-0.15, -0.1) is 0 Å². The molecule has 1 aromatic carbocycles. The Kier molecular flexibility index (Phi) is 2.37. The molecule has 3 aromatic rings. The molecular weight excluding hydrogens is 280 g/mol. The van der Waals surface area contributed by atoms with Gasteiger partial charge in [-0.1, -0.05) is 28.1 Å². The van der Waals surface area contributed by atoms with E-state index in [-0.39, 0.29) is 5.75 Å². The van der Waals surface area contributed by atoms with Gasteiger partial charge in [-0.2, -0.15) is 0 Å². The van der Waals surface area contributed by atoms with Crippen molar-refractivity contribution in [3.63, 3.8) is 0 Å². The molecule has 0 spiro atoms. The van der Waals surface area contributed by atoms with Gasteiger partial charge >= 0.3 is 0 Å². The molecule has 0 bridgehead atoms. The minimum Gasteiger partial charge on any atom is -0.506 e. The van der Waals surface area contributed by atoms with Gasteiger partial charge < -0.3 is 5.11 Å². The normalized spacial score (nSPS) is 10.9. The summed E-state index contributed by atoms with van der Waals surface area (Å²) >= 11 is 3.44. The minimum absolute atomic E-state index is 0.228. The molecule has 1 N–H and O–H groups in total. The van der Waals surface area contributed by atoms with Crippen molar-refractivity contribution in [2.45, 2.75) is 0 Å². The van der Waals surface area contributed by atoms with Crippen LogP contribution in [0.5, 0.6) is 5.75 Å². The molecule has 2 heterocycles. The summed E-state index contributed by atoms with van der Waals surface area (Å²) in [6, 6.07) is 11.4. The summed E-state index contributed by atoms with van der Waals surface area (Å²) in [5.74, 6) is 1.05. The molecule has 0 aliphatic carbocycles. The molecule has 2 aromatic heterocycles. The third-order valence-electron chi connectivity index (χ3n) is 2.59. The highest BCUT2D eigenvalue weighted by Gasteiger charge is 2.06. The van der Waals surface area contributed by atoms with E-state index in [1.54, 1.807) is 18.5 Å². The topological polar surface area (TPSA) is 37.5 Å². The van der Waals surface area contributed by atoms with Crippen LogP contribution >= 0.6 is 15.9 Å². The zero-order chi connectivity index (χ0) is 11.8. The highest BCUT2D eigenvalue weighted by Crippen LogP contribution is 2.24. The molecule has 0 radical (unpaired) electrons. The molecule has 0 amide bonds. The molecule has 0 saturated heterocycles. The van der Waals surface area contributed by atoms with Crippen molar-refractivity contribution in [1.29, 1.82) is 0 Å². The average molecular weight is 289 g/mol. The lowest BCUT2D eigenvalue weighted by Gasteiger charge is -2.02. The molecule has 0 unspecified atom stereocenters. The van der Waals surface area contributed by atoms with Gasteiger partial charge in [-0.25, -0.2) is 4.98 Å². The number of pyridine rings is 1. The molecule has 0 aliphatic rings. The van der Waals surface area contributed by atoms with Crippen LogP contribution in [0.2, 0.25) is 0 Å². The van der Waals surface area contributed by atoms with Crippen LogP contribution < -0.4 is 0 Å². The Morgan fingerprint density at radius 2 is 2.06 bits per heavy atom. The van der Waals surface area contributed by atoms with Gasteiger partial charge in [-0.05, 0) is 24.3 Å². The molecule has 3 rings (SSSR count). The van der Waals surface area contributed by atoms with Crippen LogP contribution in [0, 0.1) is 0 Å². The largest absolute Gasteiger partial charge is 0.506 e. The van der Waals surface area contributed by atoms with Crippen molar-refractivity contribution in [1.82, 2.24) is 9.38 Å². The highest BCUT2D eigenvalue weighted by atomic mass is 79.9. The smallest absolute Gasteiger partial charge is 0.144 e. The lowest BCUT2D eigenvalue weighted by Crippen LogP contribution is -1.88. The van der Waals surface area contributed by atoms with Crippen LogP contribution in [0.4, 0.5) is 0 Å². The van der Waals surface area contributed by atoms with Crippen molar-refractivity contribution >= 4 is 21.4 Å². The van der Waals surface area contributed by atoms with E-state index in [0.717, 1.165) is 21.4 Å². The van der Waals surface area contributed by atoms with E-state index in [0.29, 0.717) is 0 Å². The number of hydrogen-bond acceptors (Lipinski definition) is 2. The van der Waals surface area contributed by atoms with Crippen LogP contribution in [0.1, 0.15) is 0 Å². The second-order valence-electron chi connectivity index (χ2n) is 3.77. The van der Waals surface area contributed by atoms with Crippen LogP contribution in [0.3, 0.4) is 0 Å². The number of hydrogen-bond donors (Lipinski definition) is 1. The van der Waals surface area contributed by atoms with Crippen molar-refractivity contribution in [2.75, 3.05) is 0 Å². The first-order valence-electron chi connectivity index (χ1n) is 5.16. The van der Waals surface area contributed by atoms with Gasteiger partial charge in [0.05, 0.1) is 17.9 Å². The van der Waals surface area contributed by atoms with Gasteiger partial charge in [0.2, 0.25) is 0 Å². The summed E-state index contributed by atoms with van der Waals surface area (Å²) in [4.78, 5) is 4.38. The molecule has 0 saturated carbocycles. The second kappa shape index (κ2) is 3.89. The van der Waals surface area contributed by atoms with Crippen LogP contribution in [-0.4, -0.2) is 14.5 Å². The Labute approximate surface area is 106 Å². The molecule has 84 valence electrons. The van der Waals surface area contributed by atoms with E-state index in [2.05, 4.69) is 20.9 Å². The Balaban J connectivity index is 2.27. The Morgan fingerprint density at radius 1 is 1.18 bits per heavy atom. The fourth-order valence-electron chi connectivity index (χ4n) is 1.82. The molecular formula is C13H9BrN2O. The maximum absolute atomic E-state index is 9.52. The number of benzene rings is 1. The van der Waals surface area contributed by atoms with Gasteiger partial charge in [-0.3, -0.25) is 4.40 Å². The SMILES string of the molecule is Oc1ccc2cnc(-c3cccc(Br)c3)n2c1. The number of fused-ring (bicyclic) bond motifs is 1. The van der Waals surface area contributed by atoms with Crippen molar-refractivity contribution in [2.24, 2.45) is 0 Å². The fourth-order valence-corrected chi connectivity index (χ4v) is 2.22. The summed E-state index contributed by atoms with van der Waals surface area (Å²) in [5, 5.41) is 9.52. The van der Waals surface area contributed by atoms with Gasteiger partial charge in [0.25, 0.3) is 0 Å². The quantitative estimate of drug-likeness (QED) is 0.744. The number of halogens is 1. The van der Waals surface area contributed by atoms with Gasteiger partial charge in [0, 0.05) is 10.0 Å². The first kappa shape index (κ1) is 10.4. The number of imidazole rings is 1. The number of aromatic nitrogens is 2. The molecule has 0 aliphatic heterocycles.